The number of urea groups is 1. The Balaban J connectivity index is 0.00000118. The van der Waals surface area contributed by atoms with Gasteiger partial charge in [-0.1, -0.05) is 60.8 Å². The van der Waals surface area contributed by atoms with Crippen molar-refractivity contribution in [2.75, 3.05) is 12.3 Å². The molecule has 0 spiro atoms. The van der Waals surface area contributed by atoms with Gasteiger partial charge in [-0.3, -0.25) is 4.79 Å². The highest BCUT2D eigenvalue weighted by atomic mass is 32.2. The third-order valence-corrected chi connectivity index (χ3v) is 4.93. The maximum absolute atomic E-state index is 11.9. The third kappa shape index (κ3) is 12.5. The maximum atomic E-state index is 11.9. The Bertz CT molecular complexity index is 383. The molecule has 0 bridgehead atoms. The summed E-state index contributed by atoms with van der Waals surface area (Å²) in [5.74, 6) is 0.679. The number of carboxylic acids is 1. The summed E-state index contributed by atoms with van der Waals surface area (Å²) in [5, 5.41) is 14.0. The topological polar surface area (TPSA) is 78.4 Å². The molecule has 1 fully saturated rings. The summed E-state index contributed by atoms with van der Waals surface area (Å²) in [4.78, 5) is 22.3. The van der Waals surface area contributed by atoms with E-state index < -0.39 is 5.97 Å². The highest BCUT2D eigenvalue weighted by Gasteiger charge is 2.34. The van der Waals surface area contributed by atoms with Gasteiger partial charge in [0.05, 0.1) is 5.54 Å². The Labute approximate surface area is 151 Å². The molecule has 3 N–H and O–H groups in total. The smallest absolute Gasteiger partial charge is 0.323 e. The van der Waals surface area contributed by atoms with Gasteiger partial charge in [0.25, 0.3) is 0 Å². The first kappa shape index (κ1) is 23.1. The molecular weight excluding hydrogens is 324 g/mol. The lowest BCUT2D eigenvalue weighted by molar-refractivity contribution is -0.135. The number of amides is 2. The number of hydrogen-bond donors (Lipinski definition) is 3. The lowest BCUT2D eigenvalue weighted by atomic mass is 9.83. The monoisotopic (exact) mass is 360 g/mol. The Morgan fingerprint density at radius 3 is 2.04 bits per heavy atom. The highest BCUT2D eigenvalue weighted by molar-refractivity contribution is 8.00. The second-order valence-electron chi connectivity index (χ2n) is 8.18. The van der Waals surface area contributed by atoms with E-state index in [1.807, 2.05) is 11.8 Å². The van der Waals surface area contributed by atoms with Gasteiger partial charge in [-0.25, -0.2) is 4.79 Å². The Morgan fingerprint density at radius 2 is 1.62 bits per heavy atom. The van der Waals surface area contributed by atoms with Crippen molar-refractivity contribution in [3.05, 3.63) is 0 Å². The van der Waals surface area contributed by atoms with Crippen LogP contribution in [0.4, 0.5) is 4.79 Å². The van der Waals surface area contributed by atoms with E-state index in [9.17, 15) is 9.59 Å². The summed E-state index contributed by atoms with van der Waals surface area (Å²) in [6, 6.07) is -0.371. The number of aliphatic carboxylic acids is 1. The zero-order valence-electron chi connectivity index (χ0n) is 16.2. The van der Waals surface area contributed by atoms with Crippen molar-refractivity contribution in [1.29, 1.82) is 0 Å². The molecule has 0 saturated heterocycles. The Morgan fingerprint density at radius 1 is 1.12 bits per heavy atom. The van der Waals surface area contributed by atoms with Gasteiger partial charge in [0.15, 0.2) is 0 Å². The van der Waals surface area contributed by atoms with E-state index in [0.717, 1.165) is 37.4 Å². The maximum Gasteiger partial charge on any atom is 0.323 e. The van der Waals surface area contributed by atoms with E-state index >= 15 is 0 Å². The average Bonchev–Trinajstić information content (AvgIpc) is 2.43. The quantitative estimate of drug-likeness (QED) is 0.684. The van der Waals surface area contributed by atoms with Crippen LogP contribution in [0.25, 0.3) is 0 Å². The summed E-state index contributed by atoms with van der Waals surface area (Å²) < 4.78 is 0.156. The van der Waals surface area contributed by atoms with Crippen LogP contribution < -0.4 is 10.6 Å². The first-order valence-corrected chi connectivity index (χ1v) is 9.86. The Hall–Kier alpha value is -0.910. The molecule has 5 nitrogen and oxygen atoms in total. The first-order valence-electron chi connectivity index (χ1n) is 8.87. The highest BCUT2D eigenvalue weighted by Crippen LogP contribution is 2.35. The number of thioether (sulfide) groups is 1. The second-order valence-corrected chi connectivity index (χ2v) is 9.98. The minimum absolute atomic E-state index is 0.156. The van der Waals surface area contributed by atoms with Crippen LogP contribution in [0.15, 0.2) is 0 Å². The normalized spacial score (nSPS) is 16.8. The van der Waals surface area contributed by atoms with Crippen LogP contribution in [-0.4, -0.2) is 39.7 Å². The molecule has 6 heteroatoms. The predicted molar refractivity (Wildman–Crippen MR) is 103 cm³/mol. The standard InChI is InChI=1S/C14H26N2O3S.C4H10/c1-13(2,3)20-10-14(7-5-4-6-8-14)16-12(19)15-9-11(17)18;1-4(2)3/h4-10H2,1-3H3,(H,17,18)(H2,15,16,19);4H,1-3H3. The number of carboxylic acid groups (broad SMARTS) is 1. The van der Waals surface area contributed by atoms with E-state index in [0.29, 0.717) is 0 Å². The van der Waals surface area contributed by atoms with Gasteiger partial charge in [0, 0.05) is 10.5 Å². The average molecular weight is 361 g/mol. The molecule has 0 unspecified atom stereocenters. The molecule has 2 amide bonds. The van der Waals surface area contributed by atoms with Gasteiger partial charge in [0.2, 0.25) is 0 Å². The van der Waals surface area contributed by atoms with Gasteiger partial charge < -0.3 is 15.7 Å². The summed E-state index contributed by atoms with van der Waals surface area (Å²) in [6.45, 7) is 12.7. The molecule has 142 valence electrons. The van der Waals surface area contributed by atoms with Gasteiger partial charge in [-0.05, 0) is 18.8 Å². The number of carbonyl (C=O) groups is 2. The van der Waals surface area contributed by atoms with Crippen molar-refractivity contribution in [1.82, 2.24) is 10.6 Å². The molecule has 0 aromatic rings. The van der Waals surface area contributed by atoms with Crippen molar-refractivity contribution in [3.8, 4) is 0 Å². The molecule has 1 aliphatic rings. The molecule has 0 radical (unpaired) electrons. The largest absolute Gasteiger partial charge is 0.480 e. The van der Waals surface area contributed by atoms with Crippen LogP contribution in [0, 0.1) is 5.92 Å². The van der Waals surface area contributed by atoms with Crippen molar-refractivity contribution in [2.24, 2.45) is 5.92 Å². The fourth-order valence-electron chi connectivity index (χ4n) is 2.33. The lowest BCUT2D eigenvalue weighted by Gasteiger charge is -2.39. The molecule has 1 aliphatic carbocycles. The van der Waals surface area contributed by atoms with Crippen LogP contribution in [0.3, 0.4) is 0 Å². The minimum atomic E-state index is -1.03. The second kappa shape index (κ2) is 10.9. The summed E-state index contributed by atoms with van der Waals surface area (Å²) in [5.41, 5.74) is -0.196. The van der Waals surface area contributed by atoms with Crippen LogP contribution in [0.1, 0.15) is 73.6 Å². The van der Waals surface area contributed by atoms with E-state index in [4.69, 9.17) is 5.11 Å². The van der Waals surface area contributed by atoms with Crippen LogP contribution >= 0.6 is 11.8 Å². The molecule has 24 heavy (non-hydrogen) atoms. The van der Waals surface area contributed by atoms with Crippen molar-refractivity contribution >= 4 is 23.8 Å². The fourth-order valence-corrected chi connectivity index (χ4v) is 3.40. The van der Waals surface area contributed by atoms with Crippen LogP contribution in [-0.2, 0) is 4.79 Å². The number of hydrogen-bond acceptors (Lipinski definition) is 3. The molecule has 1 rings (SSSR count). The van der Waals surface area contributed by atoms with Crippen molar-refractivity contribution < 1.29 is 14.7 Å². The zero-order valence-corrected chi connectivity index (χ0v) is 17.0. The van der Waals surface area contributed by atoms with E-state index in [1.54, 1.807) is 0 Å². The van der Waals surface area contributed by atoms with Gasteiger partial charge in [0.1, 0.15) is 6.54 Å². The number of rotatable bonds is 5. The zero-order chi connectivity index (χ0) is 18.8. The molecule has 0 heterocycles. The van der Waals surface area contributed by atoms with E-state index in [1.165, 1.54) is 6.42 Å². The van der Waals surface area contributed by atoms with Crippen LogP contribution in [0.5, 0.6) is 0 Å². The third-order valence-electron chi connectivity index (χ3n) is 3.37. The molecule has 0 aliphatic heterocycles. The fraction of sp³-hybridized carbons (Fsp3) is 0.889. The summed E-state index contributed by atoms with van der Waals surface area (Å²) >= 11 is 1.85. The number of nitrogens with one attached hydrogen (secondary N) is 2. The molecule has 0 atom stereocenters. The van der Waals surface area contributed by atoms with Crippen molar-refractivity contribution in [2.45, 2.75) is 83.9 Å². The minimum Gasteiger partial charge on any atom is -0.480 e. The molecular formula is C18H36N2O3S. The predicted octanol–water partition coefficient (Wildman–Crippen LogP) is 4.27. The van der Waals surface area contributed by atoms with E-state index in [2.05, 4.69) is 52.2 Å². The van der Waals surface area contributed by atoms with Crippen LogP contribution in [0.2, 0.25) is 0 Å². The first-order chi connectivity index (χ1) is 11.0. The molecule has 0 aromatic heterocycles. The molecule has 0 aromatic carbocycles. The molecule has 1 saturated carbocycles. The number of carbonyl (C=O) groups excluding carboxylic acids is 1. The van der Waals surface area contributed by atoms with Gasteiger partial charge in [-0.2, -0.15) is 11.8 Å². The lowest BCUT2D eigenvalue weighted by Crippen LogP contribution is -2.55. The summed E-state index contributed by atoms with van der Waals surface area (Å²) in [7, 11) is 0. The van der Waals surface area contributed by atoms with Gasteiger partial charge >= 0.3 is 12.0 Å². The Kier molecular flexibility index (Phi) is 10.4. The van der Waals surface area contributed by atoms with Gasteiger partial charge in [-0.15, -0.1) is 0 Å². The van der Waals surface area contributed by atoms with Crippen molar-refractivity contribution in [3.63, 3.8) is 0 Å². The SMILES string of the molecule is CC(C)(C)SCC1(NC(=O)NCC(=O)O)CCCCC1.CC(C)C. The van der Waals surface area contributed by atoms with E-state index in [-0.39, 0.29) is 22.9 Å². The summed E-state index contributed by atoms with van der Waals surface area (Å²) in [6.07, 6.45) is 5.38.